The van der Waals surface area contributed by atoms with E-state index < -0.39 is 40.6 Å². The van der Waals surface area contributed by atoms with Crippen LogP contribution in [0.15, 0.2) is 78.9 Å². The maximum Gasteiger partial charge on any atom is 0.421 e. The second-order valence-electron chi connectivity index (χ2n) is 15.0. The fourth-order valence-electron chi connectivity index (χ4n) is 6.10. The minimum Gasteiger partial charge on any atom is -0.479 e. The van der Waals surface area contributed by atoms with E-state index in [1.165, 1.54) is 4.57 Å². The molecule has 1 atom stereocenters. The largest absolute Gasteiger partial charge is 0.479 e. The first-order valence-corrected chi connectivity index (χ1v) is 17.4. The van der Waals surface area contributed by atoms with E-state index in [1.807, 2.05) is 75.4 Å². The first-order chi connectivity index (χ1) is 24.6. The summed E-state index contributed by atoms with van der Waals surface area (Å²) in [4.78, 5) is 58.7. The zero-order valence-electron chi connectivity index (χ0n) is 30.6. The van der Waals surface area contributed by atoms with Gasteiger partial charge in [0.2, 0.25) is 5.95 Å². The molecule has 1 aromatic heterocycles. The number of piperidine rings is 1. The average molecular weight is 713 g/mol. The number of nitrogens with one attached hydrogen (secondary N) is 3. The molecule has 276 valence electrons. The second-order valence-corrected chi connectivity index (χ2v) is 15.0. The van der Waals surface area contributed by atoms with E-state index >= 15 is 0 Å². The number of alkyl carbamates (subject to hydrolysis) is 1. The number of aromatic nitrogens is 2. The van der Waals surface area contributed by atoms with Crippen LogP contribution in [-0.2, 0) is 20.9 Å². The van der Waals surface area contributed by atoms with E-state index in [4.69, 9.17) is 9.47 Å². The number of rotatable bonds is 10. The Labute approximate surface area is 303 Å². The van der Waals surface area contributed by atoms with Gasteiger partial charge in [-0.25, -0.2) is 23.9 Å². The van der Waals surface area contributed by atoms with E-state index in [2.05, 4.69) is 25.8 Å². The molecule has 4 aromatic rings. The fourth-order valence-corrected chi connectivity index (χ4v) is 6.10. The van der Waals surface area contributed by atoms with Gasteiger partial charge in [-0.1, -0.05) is 63.2 Å². The quantitative estimate of drug-likeness (QED) is 0.144. The first-order valence-electron chi connectivity index (χ1n) is 17.4. The Kier molecular flexibility index (Phi) is 11.1. The Morgan fingerprint density at radius 2 is 1.50 bits per heavy atom. The minimum atomic E-state index is -1.86. The van der Waals surface area contributed by atoms with E-state index in [0.29, 0.717) is 22.5 Å². The first kappa shape index (κ1) is 37.7. The van der Waals surface area contributed by atoms with Gasteiger partial charge in [0.1, 0.15) is 12.2 Å². The Morgan fingerprint density at radius 3 is 2.12 bits per heavy atom. The number of carboxylic acids is 1. The smallest absolute Gasteiger partial charge is 0.421 e. The van der Waals surface area contributed by atoms with Gasteiger partial charge in [0.25, 0.3) is 5.91 Å². The van der Waals surface area contributed by atoms with Crippen molar-refractivity contribution >= 4 is 46.7 Å². The highest BCUT2D eigenvalue weighted by atomic mass is 16.6. The van der Waals surface area contributed by atoms with Crippen molar-refractivity contribution in [1.82, 2.24) is 20.2 Å². The number of benzene rings is 3. The zero-order valence-corrected chi connectivity index (χ0v) is 30.6. The summed E-state index contributed by atoms with van der Waals surface area (Å²) in [5.41, 5.74) is -0.102. The van der Waals surface area contributed by atoms with Crippen molar-refractivity contribution in [1.29, 1.82) is 0 Å². The molecular formula is C39H48N6O7. The number of imidazole rings is 1. The molecule has 1 aliphatic heterocycles. The van der Waals surface area contributed by atoms with Crippen LogP contribution in [0.4, 0.5) is 21.2 Å². The lowest BCUT2D eigenvalue weighted by Gasteiger charge is -2.41. The molecule has 3 aromatic carbocycles. The number of nitrogens with zero attached hydrogens (tertiary/aromatic N) is 3. The molecular weight excluding hydrogens is 664 g/mol. The van der Waals surface area contributed by atoms with Crippen LogP contribution >= 0.6 is 0 Å². The number of carbonyl (C=O) groups excluding carboxylic acids is 3. The van der Waals surface area contributed by atoms with Crippen LogP contribution in [0.1, 0.15) is 70.3 Å². The number of carboxylic acid groups (broad SMARTS) is 1. The molecule has 52 heavy (non-hydrogen) atoms. The number of fused-ring (bicyclic) bond motifs is 1. The minimum absolute atomic E-state index is 0.0316. The molecule has 0 unspecified atom stereocenters. The van der Waals surface area contributed by atoms with E-state index in [-0.39, 0.29) is 19.2 Å². The lowest BCUT2D eigenvalue weighted by molar-refractivity contribution is -0.149. The van der Waals surface area contributed by atoms with E-state index in [0.717, 1.165) is 37.2 Å². The Morgan fingerprint density at radius 1 is 0.865 bits per heavy atom. The molecule has 2 heterocycles. The summed E-state index contributed by atoms with van der Waals surface area (Å²) in [6.07, 6.45) is 0.172. The van der Waals surface area contributed by atoms with E-state index in [9.17, 15) is 24.3 Å². The summed E-state index contributed by atoms with van der Waals surface area (Å²) in [5.74, 6) is -1.33. The number of ether oxygens (including phenoxy) is 2. The predicted molar refractivity (Wildman–Crippen MR) is 199 cm³/mol. The summed E-state index contributed by atoms with van der Waals surface area (Å²) < 4.78 is 12.5. The van der Waals surface area contributed by atoms with Gasteiger partial charge < -0.3 is 35.4 Å². The maximum absolute atomic E-state index is 13.2. The van der Waals surface area contributed by atoms with Gasteiger partial charge in [0.05, 0.1) is 17.6 Å². The van der Waals surface area contributed by atoms with Gasteiger partial charge in [-0.2, -0.15) is 0 Å². The Hall–Kier alpha value is -5.59. The molecule has 0 radical (unpaired) electrons. The molecule has 0 aliphatic carbocycles. The van der Waals surface area contributed by atoms with Crippen molar-refractivity contribution in [3.05, 3.63) is 90.0 Å². The van der Waals surface area contributed by atoms with Crippen LogP contribution in [0.5, 0.6) is 0 Å². The highest BCUT2D eigenvalue weighted by Gasteiger charge is 2.51. The predicted octanol–water partition coefficient (Wildman–Crippen LogP) is 6.43. The Bertz CT molecular complexity index is 1890. The standard InChI is InChI=1S/C39H48N6O7/c1-37(2,3)39(33(47)48,43-35(49)51-24-26-12-8-7-9-13-26)25-40-32(46)27-16-18-29(19-17-27)44-22-20-28(21-23-44)41-34-42-30-14-10-11-15-31(30)45(34)36(50)52-38(4,5)6/h7-19,28H,20-25H2,1-6H3,(H,40,46)(H,41,42)(H,43,49)(H,47,48)/t39-/m0/s1. The van der Waals surface area contributed by atoms with Gasteiger partial charge in [-0.3, -0.25) is 4.79 Å². The topological polar surface area (TPSA) is 164 Å². The van der Waals surface area contributed by atoms with Gasteiger partial charge in [-0.15, -0.1) is 0 Å². The average Bonchev–Trinajstić information content (AvgIpc) is 3.46. The molecule has 0 bridgehead atoms. The van der Waals surface area contributed by atoms with Crippen molar-refractivity contribution in [2.75, 3.05) is 29.9 Å². The number of para-hydroxylation sites is 2. The monoisotopic (exact) mass is 712 g/mol. The molecule has 1 saturated heterocycles. The molecule has 4 N–H and O–H groups in total. The van der Waals surface area contributed by atoms with Crippen molar-refractivity contribution in [2.24, 2.45) is 5.41 Å². The highest BCUT2D eigenvalue weighted by molar-refractivity contribution is 5.95. The summed E-state index contributed by atoms with van der Waals surface area (Å²) in [6, 6.07) is 23.7. The summed E-state index contributed by atoms with van der Waals surface area (Å²) in [5, 5.41) is 19.0. The van der Waals surface area contributed by atoms with Crippen molar-refractivity contribution in [3.8, 4) is 0 Å². The summed E-state index contributed by atoms with van der Waals surface area (Å²) in [7, 11) is 0. The number of hydrogen-bond donors (Lipinski definition) is 4. The lowest BCUT2D eigenvalue weighted by atomic mass is 9.73. The van der Waals surface area contributed by atoms with Crippen LogP contribution < -0.4 is 20.9 Å². The lowest BCUT2D eigenvalue weighted by Crippen LogP contribution is -2.67. The summed E-state index contributed by atoms with van der Waals surface area (Å²) in [6.45, 7) is 11.6. The maximum atomic E-state index is 13.2. The number of anilines is 2. The van der Waals surface area contributed by atoms with Crippen LogP contribution in [0.3, 0.4) is 0 Å². The third kappa shape index (κ3) is 8.82. The van der Waals surface area contributed by atoms with Gasteiger partial charge in [0, 0.05) is 30.4 Å². The molecule has 1 fully saturated rings. The van der Waals surface area contributed by atoms with Crippen LogP contribution in [0, 0.1) is 5.41 Å². The molecule has 13 nitrogen and oxygen atoms in total. The normalized spacial score (nSPS) is 15.0. The Balaban J connectivity index is 1.18. The molecule has 0 saturated carbocycles. The molecule has 5 rings (SSSR count). The summed E-state index contributed by atoms with van der Waals surface area (Å²) >= 11 is 0. The fraction of sp³-hybridized carbons (Fsp3) is 0.410. The highest BCUT2D eigenvalue weighted by Crippen LogP contribution is 2.31. The van der Waals surface area contributed by atoms with Gasteiger partial charge in [0.15, 0.2) is 5.54 Å². The SMILES string of the molecule is CC(C)(C)OC(=O)n1c(NC2CCN(c3ccc(C(=O)NC[C@](NC(=O)OCc4ccccc4)(C(=O)O)C(C)(C)C)cc3)CC2)nc2ccccc21. The molecule has 13 heteroatoms. The number of amides is 2. The third-order valence-corrected chi connectivity index (χ3v) is 9.15. The van der Waals surface area contributed by atoms with Crippen LogP contribution in [0.25, 0.3) is 11.0 Å². The zero-order chi connectivity index (χ0) is 37.7. The van der Waals surface area contributed by atoms with E-state index in [1.54, 1.807) is 45.0 Å². The van der Waals surface area contributed by atoms with Gasteiger partial charge >= 0.3 is 18.2 Å². The van der Waals surface area contributed by atoms with Gasteiger partial charge in [-0.05, 0) is 81.0 Å². The van der Waals surface area contributed by atoms with Crippen molar-refractivity contribution in [2.45, 2.75) is 78.2 Å². The molecule has 1 aliphatic rings. The third-order valence-electron chi connectivity index (χ3n) is 9.15. The number of hydrogen-bond acceptors (Lipinski definition) is 9. The molecule has 0 spiro atoms. The molecule has 2 amide bonds. The van der Waals surface area contributed by atoms with Crippen molar-refractivity contribution < 1.29 is 33.8 Å². The second kappa shape index (κ2) is 15.3. The van der Waals surface area contributed by atoms with Crippen molar-refractivity contribution in [3.63, 3.8) is 0 Å². The van der Waals surface area contributed by atoms with Crippen LogP contribution in [0.2, 0.25) is 0 Å². The number of carbonyl (C=O) groups is 4. The number of aliphatic carboxylic acids is 1. The van der Waals surface area contributed by atoms with Crippen LogP contribution in [-0.4, -0.2) is 75.5 Å².